The van der Waals surface area contributed by atoms with E-state index in [2.05, 4.69) is 20.0 Å². The van der Waals surface area contributed by atoms with E-state index in [-0.39, 0.29) is 37.1 Å². The van der Waals surface area contributed by atoms with Crippen molar-refractivity contribution in [2.45, 2.75) is 51.7 Å². The first-order valence-corrected chi connectivity index (χ1v) is 15.3. The standard InChI is InChI=1S/C28H35N6O8P/c1-16(2)41-27(36)17(3)33-43(37,42-21-11-7-9-18-8-5-6-10-20(18)21)40-14-22-24(35)19(13-39-22)12-34-15-30-23-25(34)31-28(29)32-26(23)38-4/h5-11,15-17,19,22,24,35H,12-14H2,1-4H3,(H,33,37)(H2,29,31,32)/t17-,19?,22+,24?,43?/m0/s1. The van der Waals surface area contributed by atoms with Gasteiger partial charge in [0.25, 0.3) is 0 Å². The van der Waals surface area contributed by atoms with Gasteiger partial charge in [0, 0.05) is 17.8 Å². The number of nitrogens with two attached hydrogens (primary N) is 1. The second kappa shape index (κ2) is 12.8. The highest BCUT2D eigenvalue weighted by Gasteiger charge is 2.40. The molecule has 2 aromatic carbocycles. The molecule has 15 heteroatoms. The largest absolute Gasteiger partial charge is 0.479 e. The molecule has 2 aromatic heterocycles. The number of nitrogens with zero attached hydrogens (tertiary/aromatic N) is 4. The number of anilines is 1. The summed E-state index contributed by atoms with van der Waals surface area (Å²) >= 11 is 0. The van der Waals surface area contributed by atoms with Crippen molar-refractivity contribution in [3.05, 3.63) is 48.8 Å². The molecule has 0 radical (unpaired) electrons. The lowest BCUT2D eigenvalue weighted by molar-refractivity contribution is -0.149. The van der Waals surface area contributed by atoms with Crippen molar-refractivity contribution >= 4 is 41.6 Å². The maximum Gasteiger partial charge on any atom is 0.459 e. The average Bonchev–Trinajstić information content (AvgIpc) is 3.54. The van der Waals surface area contributed by atoms with Crippen molar-refractivity contribution in [3.63, 3.8) is 0 Å². The molecule has 3 unspecified atom stereocenters. The third-order valence-corrected chi connectivity index (χ3v) is 8.53. The topological polar surface area (TPSA) is 182 Å². The monoisotopic (exact) mass is 614 g/mol. The number of nitrogen functional groups attached to an aromatic ring is 1. The summed E-state index contributed by atoms with van der Waals surface area (Å²) in [5.74, 6) is -0.420. The molecule has 0 spiro atoms. The van der Waals surface area contributed by atoms with Crippen LogP contribution in [0.2, 0.25) is 0 Å². The number of fused-ring (bicyclic) bond motifs is 2. The number of aliphatic hydroxyl groups excluding tert-OH is 1. The third-order valence-electron chi connectivity index (χ3n) is 6.90. The number of aliphatic hydroxyl groups is 1. The molecule has 5 atom stereocenters. The lowest BCUT2D eigenvalue weighted by atomic mass is 10.0. The first-order chi connectivity index (χ1) is 20.6. The fourth-order valence-corrected chi connectivity index (χ4v) is 6.33. The molecule has 3 heterocycles. The Morgan fingerprint density at radius 2 is 1.98 bits per heavy atom. The van der Waals surface area contributed by atoms with Gasteiger partial charge in [0.15, 0.2) is 11.2 Å². The van der Waals surface area contributed by atoms with Crippen molar-refractivity contribution in [2.75, 3.05) is 26.1 Å². The number of carbonyl (C=O) groups is 1. The second-order valence-electron chi connectivity index (χ2n) is 10.5. The van der Waals surface area contributed by atoms with Gasteiger partial charge in [0.2, 0.25) is 11.8 Å². The van der Waals surface area contributed by atoms with Gasteiger partial charge in [-0.25, -0.2) is 9.55 Å². The summed E-state index contributed by atoms with van der Waals surface area (Å²) in [5, 5.41) is 15.4. The van der Waals surface area contributed by atoms with E-state index in [1.54, 1.807) is 36.9 Å². The molecular formula is C28H35N6O8P. The van der Waals surface area contributed by atoms with E-state index in [0.29, 0.717) is 28.8 Å². The molecule has 43 heavy (non-hydrogen) atoms. The summed E-state index contributed by atoms with van der Waals surface area (Å²) in [6, 6.07) is 11.7. The molecule has 4 N–H and O–H groups in total. The number of nitrogens with one attached hydrogen (secondary N) is 1. The molecule has 230 valence electrons. The molecule has 1 aliphatic heterocycles. The van der Waals surface area contributed by atoms with Gasteiger partial charge in [0.05, 0.1) is 38.9 Å². The van der Waals surface area contributed by atoms with Crippen LogP contribution < -0.4 is 20.1 Å². The minimum absolute atomic E-state index is 0.0292. The Hall–Kier alpha value is -3.81. The Bertz CT molecular complexity index is 1640. The maximum absolute atomic E-state index is 14.1. The van der Waals surface area contributed by atoms with E-state index >= 15 is 0 Å². The van der Waals surface area contributed by atoms with E-state index in [1.807, 2.05) is 30.3 Å². The highest BCUT2D eigenvalue weighted by Crippen LogP contribution is 2.47. The van der Waals surface area contributed by atoms with E-state index in [0.717, 1.165) is 5.39 Å². The molecule has 1 saturated heterocycles. The van der Waals surface area contributed by atoms with Gasteiger partial charge in [-0.1, -0.05) is 36.4 Å². The highest BCUT2D eigenvalue weighted by atomic mass is 31.2. The number of esters is 1. The molecule has 14 nitrogen and oxygen atoms in total. The Labute approximate surface area is 248 Å². The SMILES string of the molecule is COc1nc(N)nc2c1ncn2CC1CO[C@H](COP(=O)(N[C@@H](C)C(=O)OC(C)C)Oc2cccc3ccccc23)C1O. The first-order valence-electron chi connectivity index (χ1n) is 13.8. The van der Waals surface area contributed by atoms with E-state index in [1.165, 1.54) is 14.0 Å². The van der Waals surface area contributed by atoms with Crippen molar-refractivity contribution in [1.29, 1.82) is 0 Å². The number of carbonyl (C=O) groups excluding carboxylic acids is 1. The molecule has 0 saturated carbocycles. The van der Waals surface area contributed by atoms with Crippen LogP contribution in [0.5, 0.6) is 11.6 Å². The van der Waals surface area contributed by atoms with Crippen LogP contribution in [0.4, 0.5) is 5.95 Å². The van der Waals surface area contributed by atoms with E-state index < -0.39 is 32.0 Å². The Kier molecular flexibility index (Phi) is 9.13. The normalized spacial score (nSPS) is 20.7. The predicted octanol–water partition coefficient (Wildman–Crippen LogP) is 3.08. The number of hydrogen-bond acceptors (Lipinski definition) is 12. The van der Waals surface area contributed by atoms with Crippen LogP contribution in [0.3, 0.4) is 0 Å². The van der Waals surface area contributed by atoms with Gasteiger partial charge in [-0.3, -0.25) is 9.32 Å². The van der Waals surface area contributed by atoms with Crippen LogP contribution >= 0.6 is 7.75 Å². The summed E-state index contributed by atoms with van der Waals surface area (Å²) in [7, 11) is -2.74. The van der Waals surface area contributed by atoms with Gasteiger partial charge in [-0.2, -0.15) is 15.1 Å². The third kappa shape index (κ3) is 6.89. The molecule has 0 aliphatic carbocycles. The van der Waals surface area contributed by atoms with Gasteiger partial charge >= 0.3 is 13.7 Å². The predicted molar refractivity (Wildman–Crippen MR) is 157 cm³/mol. The van der Waals surface area contributed by atoms with Crippen LogP contribution in [0.1, 0.15) is 20.8 Å². The van der Waals surface area contributed by atoms with Crippen LogP contribution in [0.15, 0.2) is 48.8 Å². The van der Waals surface area contributed by atoms with Gasteiger partial charge in [0.1, 0.15) is 17.9 Å². The number of ether oxygens (including phenoxy) is 3. The van der Waals surface area contributed by atoms with Crippen molar-refractivity contribution in [2.24, 2.45) is 5.92 Å². The summed E-state index contributed by atoms with van der Waals surface area (Å²) < 4.78 is 44.0. The fraction of sp³-hybridized carbons (Fsp3) is 0.429. The number of hydrogen-bond donors (Lipinski definition) is 3. The number of benzene rings is 2. The zero-order chi connectivity index (χ0) is 30.7. The van der Waals surface area contributed by atoms with Crippen LogP contribution in [0, 0.1) is 5.92 Å². The molecule has 1 fully saturated rings. The average molecular weight is 615 g/mol. The van der Waals surface area contributed by atoms with Gasteiger partial charge in [-0.05, 0) is 32.2 Å². The number of imidazole rings is 1. The number of rotatable bonds is 12. The van der Waals surface area contributed by atoms with E-state index in [4.69, 9.17) is 29.0 Å². The highest BCUT2D eigenvalue weighted by molar-refractivity contribution is 7.52. The summed E-state index contributed by atoms with van der Waals surface area (Å²) in [6.45, 7) is 5.14. The second-order valence-corrected chi connectivity index (χ2v) is 12.2. The van der Waals surface area contributed by atoms with Crippen LogP contribution in [0.25, 0.3) is 21.9 Å². The summed E-state index contributed by atoms with van der Waals surface area (Å²) in [4.78, 5) is 25.2. The Balaban J connectivity index is 1.31. The fourth-order valence-electron chi connectivity index (χ4n) is 4.81. The minimum atomic E-state index is -4.20. The summed E-state index contributed by atoms with van der Waals surface area (Å²) in [5.41, 5.74) is 6.71. The van der Waals surface area contributed by atoms with E-state index in [9.17, 15) is 14.5 Å². The quantitative estimate of drug-likeness (QED) is 0.157. The van der Waals surface area contributed by atoms with Crippen molar-refractivity contribution in [3.8, 4) is 11.6 Å². The molecule has 1 aliphatic rings. The zero-order valence-electron chi connectivity index (χ0n) is 24.2. The zero-order valence-corrected chi connectivity index (χ0v) is 25.1. The lowest BCUT2D eigenvalue weighted by Gasteiger charge is -2.25. The van der Waals surface area contributed by atoms with Crippen LogP contribution in [-0.2, 0) is 29.9 Å². The van der Waals surface area contributed by atoms with Crippen LogP contribution in [-0.4, -0.2) is 75.3 Å². The maximum atomic E-state index is 14.1. The molecule has 0 bridgehead atoms. The molecular weight excluding hydrogens is 579 g/mol. The lowest BCUT2D eigenvalue weighted by Crippen LogP contribution is -2.37. The Morgan fingerprint density at radius 3 is 2.74 bits per heavy atom. The summed E-state index contributed by atoms with van der Waals surface area (Å²) in [6.07, 6.45) is -0.635. The molecule has 4 aromatic rings. The van der Waals surface area contributed by atoms with Crippen molar-refractivity contribution < 1.29 is 37.7 Å². The molecule has 5 rings (SSSR count). The Morgan fingerprint density at radius 1 is 1.21 bits per heavy atom. The first kappa shape index (κ1) is 30.6. The number of aromatic nitrogens is 4. The number of methoxy groups -OCH3 is 1. The van der Waals surface area contributed by atoms with Gasteiger partial charge < -0.3 is 34.1 Å². The van der Waals surface area contributed by atoms with Crippen molar-refractivity contribution in [1.82, 2.24) is 24.6 Å². The smallest absolute Gasteiger partial charge is 0.459 e. The minimum Gasteiger partial charge on any atom is -0.479 e. The molecule has 0 amide bonds. The van der Waals surface area contributed by atoms with Gasteiger partial charge in [-0.15, -0.1) is 0 Å².